The number of amides is 1. The Bertz CT molecular complexity index is 849. The Morgan fingerprint density at radius 2 is 2.12 bits per heavy atom. The number of pyridine rings is 1. The van der Waals surface area contributed by atoms with E-state index in [0.29, 0.717) is 27.8 Å². The van der Waals surface area contributed by atoms with Crippen molar-refractivity contribution in [2.24, 2.45) is 0 Å². The second kappa shape index (κ2) is 6.50. The van der Waals surface area contributed by atoms with Crippen molar-refractivity contribution in [1.29, 1.82) is 0 Å². The van der Waals surface area contributed by atoms with Crippen molar-refractivity contribution in [1.82, 2.24) is 4.98 Å². The lowest BCUT2D eigenvalue weighted by Crippen LogP contribution is -2.34. The maximum absolute atomic E-state index is 13.0. The van der Waals surface area contributed by atoms with Crippen molar-refractivity contribution >= 4 is 45.1 Å². The van der Waals surface area contributed by atoms with E-state index >= 15 is 0 Å². The molecule has 0 saturated heterocycles. The van der Waals surface area contributed by atoms with Crippen LogP contribution in [0.25, 0.3) is 0 Å². The highest BCUT2D eigenvalue weighted by Crippen LogP contribution is 2.44. The number of benzene rings is 1. The molecule has 0 spiro atoms. The first kappa shape index (κ1) is 18.0. The summed E-state index contributed by atoms with van der Waals surface area (Å²) in [7, 11) is 0. The first-order valence-electron chi connectivity index (χ1n) is 7.77. The van der Waals surface area contributed by atoms with E-state index in [1.54, 1.807) is 12.3 Å². The number of hydrogen-bond acceptors (Lipinski definition) is 4. The molecule has 7 heteroatoms. The van der Waals surface area contributed by atoms with Crippen LogP contribution in [0, 0.1) is 6.92 Å². The number of aryl methyl sites for hydroxylation is 1. The van der Waals surface area contributed by atoms with Crippen molar-refractivity contribution in [2.45, 2.75) is 39.9 Å². The van der Waals surface area contributed by atoms with Gasteiger partial charge in [-0.15, -0.1) is 0 Å². The molecular formula is C18H18BrClN2O3. The van der Waals surface area contributed by atoms with Gasteiger partial charge in [0.05, 0.1) is 16.3 Å². The molecular weight excluding hydrogens is 408 g/mol. The number of ether oxygens (including phenoxy) is 2. The van der Waals surface area contributed by atoms with Crippen LogP contribution in [0.15, 0.2) is 28.9 Å². The van der Waals surface area contributed by atoms with Gasteiger partial charge in [0.2, 0.25) is 0 Å². The SMILES string of the molecule is Cc1cc(Br)cc2c1OCc1c(Cl)ccnc1N2C(=O)OC(C)(C)C. The summed E-state index contributed by atoms with van der Waals surface area (Å²) in [6.07, 6.45) is 1.03. The van der Waals surface area contributed by atoms with Crippen LogP contribution in [0.1, 0.15) is 31.9 Å². The van der Waals surface area contributed by atoms with E-state index in [-0.39, 0.29) is 6.61 Å². The molecule has 132 valence electrons. The van der Waals surface area contributed by atoms with Gasteiger partial charge in [-0.2, -0.15) is 0 Å². The van der Waals surface area contributed by atoms with Crippen LogP contribution in [0.3, 0.4) is 0 Å². The van der Waals surface area contributed by atoms with Gasteiger partial charge in [-0.1, -0.05) is 27.5 Å². The minimum absolute atomic E-state index is 0.219. The summed E-state index contributed by atoms with van der Waals surface area (Å²) in [4.78, 5) is 18.8. The molecule has 0 radical (unpaired) electrons. The Morgan fingerprint density at radius 3 is 2.80 bits per heavy atom. The summed E-state index contributed by atoms with van der Waals surface area (Å²) in [6.45, 7) is 7.59. The highest BCUT2D eigenvalue weighted by Gasteiger charge is 2.33. The van der Waals surface area contributed by atoms with Gasteiger partial charge < -0.3 is 9.47 Å². The van der Waals surface area contributed by atoms with Crippen molar-refractivity contribution in [3.8, 4) is 5.75 Å². The van der Waals surface area contributed by atoms with E-state index in [1.807, 2.05) is 39.8 Å². The summed E-state index contributed by atoms with van der Waals surface area (Å²) in [6, 6.07) is 5.41. The number of rotatable bonds is 0. The Balaban J connectivity index is 2.24. The molecule has 1 aliphatic heterocycles. The van der Waals surface area contributed by atoms with Crippen molar-refractivity contribution < 1.29 is 14.3 Å². The van der Waals surface area contributed by atoms with E-state index < -0.39 is 11.7 Å². The third-order valence-corrected chi connectivity index (χ3v) is 4.40. The topological polar surface area (TPSA) is 51.7 Å². The molecule has 0 saturated carbocycles. The maximum atomic E-state index is 13.0. The van der Waals surface area contributed by atoms with Gasteiger partial charge in [-0.05, 0) is 51.5 Å². The Kier molecular flexibility index (Phi) is 4.68. The molecule has 1 amide bonds. The molecule has 0 fully saturated rings. The van der Waals surface area contributed by atoms with Crippen LogP contribution in [-0.2, 0) is 11.3 Å². The highest BCUT2D eigenvalue weighted by atomic mass is 79.9. The van der Waals surface area contributed by atoms with Crippen LogP contribution in [0.4, 0.5) is 16.3 Å². The zero-order chi connectivity index (χ0) is 18.4. The van der Waals surface area contributed by atoms with E-state index in [9.17, 15) is 4.79 Å². The largest absolute Gasteiger partial charge is 0.486 e. The maximum Gasteiger partial charge on any atom is 0.420 e. The molecule has 5 nitrogen and oxygen atoms in total. The third-order valence-electron chi connectivity index (χ3n) is 3.59. The molecule has 2 heterocycles. The van der Waals surface area contributed by atoms with Gasteiger partial charge in [0.15, 0.2) is 5.82 Å². The standard InChI is InChI=1S/C18H18BrClN2O3/c1-10-7-11(19)8-14-15(10)24-9-12-13(20)5-6-21-16(12)22(14)17(23)25-18(2,3)4/h5-8H,9H2,1-4H3. The average Bonchev–Trinajstić information content (AvgIpc) is 2.63. The van der Waals surface area contributed by atoms with Gasteiger partial charge in [0, 0.05) is 10.7 Å². The van der Waals surface area contributed by atoms with Crippen molar-refractivity contribution in [3.05, 3.63) is 45.0 Å². The number of halogens is 2. The summed E-state index contributed by atoms with van der Waals surface area (Å²) in [5.41, 5.74) is 1.45. The quantitative estimate of drug-likeness (QED) is 0.537. The van der Waals surface area contributed by atoms with Crippen LogP contribution in [0.5, 0.6) is 5.75 Å². The molecule has 0 atom stereocenters. The molecule has 25 heavy (non-hydrogen) atoms. The monoisotopic (exact) mass is 424 g/mol. The fourth-order valence-electron chi connectivity index (χ4n) is 2.60. The van der Waals surface area contributed by atoms with E-state index in [0.717, 1.165) is 10.0 Å². The number of nitrogens with zero attached hydrogens (tertiary/aromatic N) is 2. The highest BCUT2D eigenvalue weighted by molar-refractivity contribution is 9.10. The Morgan fingerprint density at radius 1 is 1.40 bits per heavy atom. The minimum Gasteiger partial charge on any atom is -0.486 e. The normalized spacial score (nSPS) is 13.4. The van der Waals surface area contributed by atoms with Crippen molar-refractivity contribution in [3.63, 3.8) is 0 Å². The number of hydrogen-bond donors (Lipinski definition) is 0. The van der Waals surface area contributed by atoms with E-state index in [1.165, 1.54) is 4.90 Å². The number of fused-ring (bicyclic) bond motifs is 2. The minimum atomic E-state index is -0.649. The summed E-state index contributed by atoms with van der Waals surface area (Å²) in [5.74, 6) is 1.01. The molecule has 1 aromatic heterocycles. The lowest BCUT2D eigenvalue weighted by Gasteiger charge is -2.27. The predicted octanol–water partition coefficient (Wildman–Crippen LogP) is 5.77. The van der Waals surface area contributed by atoms with E-state index in [2.05, 4.69) is 20.9 Å². The van der Waals surface area contributed by atoms with Crippen LogP contribution < -0.4 is 9.64 Å². The van der Waals surface area contributed by atoms with Gasteiger partial charge in [0.1, 0.15) is 18.0 Å². The van der Waals surface area contributed by atoms with Crippen molar-refractivity contribution in [2.75, 3.05) is 4.90 Å². The third kappa shape index (κ3) is 3.60. The zero-order valence-corrected chi connectivity index (χ0v) is 16.7. The fraction of sp³-hybridized carbons (Fsp3) is 0.333. The molecule has 0 bridgehead atoms. The molecule has 0 unspecified atom stereocenters. The number of aromatic nitrogens is 1. The summed E-state index contributed by atoms with van der Waals surface area (Å²) in [5, 5.41) is 0.489. The number of carbonyl (C=O) groups excluding carboxylic acids is 1. The summed E-state index contributed by atoms with van der Waals surface area (Å²) < 4.78 is 12.4. The molecule has 1 aliphatic rings. The smallest absolute Gasteiger partial charge is 0.420 e. The molecule has 1 aromatic carbocycles. The lowest BCUT2D eigenvalue weighted by molar-refractivity contribution is 0.0598. The first-order valence-corrected chi connectivity index (χ1v) is 8.94. The molecule has 2 aromatic rings. The van der Waals surface area contributed by atoms with Crippen LogP contribution >= 0.6 is 27.5 Å². The molecule has 0 N–H and O–H groups in total. The number of carbonyl (C=O) groups is 1. The van der Waals surface area contributed by atoms with Gasteiger partial charge in [0.25, 0.3) is 0 Å². The van der Waals surface area contributed by atoms with Gasteiger partial charge >= 0.3 is 6.09 Å². The van der Waals surface area contributed by atoms with Gasteiger partial charge in [-0.25, -0.2) is 14.7 Å². The van der Waals surface area contributed by atoms with Crippen LogP contribution in [0.2, 0.25) is 5.02 Å². The number of anilines is 2. The fourth-order valence-corrected chi connectivity index (χ4v) is 3.36. The average molecular weight is 426 g/mol. The van der Waals surface area contributed by atoms with Crippen LogP contribution in [-0.4, -0.2) is 16.7 Å². The summed E-state index contributed by atoms with van der Waals surface area (Å²) >= 11 is 9.80. The predicted molar refractivity (Wildman–Crippen MR) is 101 cm³/mol. The van der Waals surface area contributed by atoms with E-state index in [4.69, 9.17) is 21.1 Å². The molecule has 3 rings (SSSR count). The Hall–Kier alpha value is -1.79. The first-order chi connectivity index (χ1) is 11.7. The second-order valence-electron chi connectivity index (χ2n) is 6.77. The lowest BCUT2D eigenvalue weighted by atomic mass is 10.1. The van der Waals surface area contributed by atoms with Gasteiger partial charge in [-0.3, -0.25) is 0 Å². The Labute approximate surface area is 160 Å². The molecule has 0 aliphatic carbocycles. The zero-order valence-electron chi connectivity index (χ0n) is 14.4. The second-order valence-corrected chi connectivity index (χ2v) is 8.09.